The topological polar surface area (TPSA) is 215 Å². The number of primary sulfonamides is 1. The molecule has 0 atom stereocenters. The van der Waals surface area contributed by atoms with Crippen LogP contribution in [0.1, 0.15) is 5.56 Å². The van der Waals surface area contributed by atoms with Gasteiger partial charge < -0.3 is 0 Å². The van der Waals surface area contributed by atoms with E-state index in [1.165, 1.54) is 19.1 Å². The molecule has 0 aliphatic heterocycles. The maximum atomic E-state index is 10.9. The molecular weight excluding hydrogens is 436 g/mol. The van der Waals surface area contributed by atoms with E-state index in [1.54, 1.807) is 0 Å². The molecule has 16 heteroatoms. The predicted molar refractivity (Wildman–Crippen MR) is 96.0 cm³/mol. The lowest BCUT2D eigenvalue weighted by atomic mass is 10.2. The van der Waals surface area contributed by atoms with Crippen LogP contribution in [0, 0.1) is 6.92 Å². The Hall–Kier alpha value is -1.30. The summed E-state index contributed by atoms with van der Waals surface area (Å²) >= 11 is 0. The molecular formula is C10H20N2O10S4. The number of hydrogen-bond acceptors (Lipinski definition) is 8. The molecule has 0 spiro atoms. The molecule has 1 rings (SSSR count). The van der Waals surface area contributed by atoms with Crippen molar-refractivity contribution in [1.29, 1.82) is 0 Å². The average molecular weight is 457 g/mol. The van der Waals surface area contributed by atoms with Gasteiger partial charge in [-0.05, 0) is 30.7 Å². The molecule has 12 nitrogen and oxygen atoms in total. The highest BCUT2D eigenvalue weighted by molar-refractivity contribution is 7.92. The Bertz CT molecular complexity index is 979. The quantitative estimate of drug-likeness (QED) is 0.408. The minimum absolute atomic E-state index is 0.243. The minimum Gasteiger partial charge on any atom is -0.286 e. The molecule has 154 valence electrons. The van der Waals surface area contributed by atoms with E-state index in [9.17, 15) is 33.7 Å². The SMILES string of the molecule is CS(=O)(=O)O.CS(N)(=O)=O.Cc1cc(NS(C)(=O)=O)ccc1S(=O)(=O)O. The summed E-state index contributed by atoms with van der Waals surface area (Å²) < 4.78 is 99.3. The first-order valence-corrected chi connectivity index (χ1v) is 13.2. The van der Waals surface area contributed by atoms with Gasteiger partial charge in [0.1, 0.15) is 0 Å². The van der Waals surface area contributed by atoms with Crippen LogP contribution in [0.5, 0.6) is 0 Å². The third-order valence-electron chi connectivity index (χ3n) is 1.76. The first-order valence-electron chi connectivity index (χ1n) is 6.06. The Morgan fingerprint density at radius 1 is 0.885 bits per heavy atom. The van der Waals surface area contributed by atoms with E-state index in [0.29, 0.717) is 6.26 Å². The smallest absolute Gasteiger partial charge is 0.286 e. The zero-order valence-corrected chi connectivity index (χ0v) is 17.4. The number of nitrogens with two attached hydrogens (primary N) is 1. The van der Waals surface area contributed by atoms with E-state index >= 15 is 0 Å². The van der Waals surface area contributed by atoms with E-state index in [0.717, 1.165) is 18.6 Å². The normalized spacial score (nSPS) is 12.1. The molecule has 0 aliphatic rings. The summed E-state index contributed by atoms with van der Waals surface area (Å²) in [5, 5.41) is 4.33. The summed E-state index contributed by atoms with van der Waals surface area (Å²) in [6, 6.07) is 3.72. The van der Waals surface area contributed by atoms with E-state index < -0.39 is 40.3 Å². The molecule has 1 aromatic carbocycles. The number of hydrogen-bond donors (Lipinski definition) is 4. The highest BCUT2D eigenvalue weighted by Crippen LogP contribution is 2.19. The average Bonchev–Trinajstić information content (AvgIpc) is 2.18. The molecule has 0 fully saturated rings. The van der Waals surface area contributed by atoms with Crippen molar-refractivity contribution < 1.29 is 42.8 Å². The lowest BCUT2D eigenvalue weighted by molar-refractivity contribution is 0.482. The van der Waals surface area contributed by atoms with Crippen LogP contribution >= 0.6 is 0 Å². The Morgan fingerprint density at radius 2 is 1.23 bits per heavy atom. The first-order chi connectivity index (χ1) is 11.1. The predicted octanol–water partition coefficient (Wildman–Crippen LogP) is -0.978. The first kappa shape index (κ1) is 26.9. The van der Waals surface area contributed by atoms with Gasteiger partial charge in [0, 0.05) is 5.69 Å². The number of benzene rings is 1. The van der Waals surface area contributed by atoms with E-state index in [1.807, 2.05) is 0 Å². The van der Waals surface area contributed by atoms with Crippen LogP contribution in [0.15, 0.2) is 23.1 Å². The number of sulfonamides is 2. The summed E-state index contributed by atoms with van der Waals surface area (Å²) in [5.41, 5.74) is 0.503. The fourth-order valence-corrected chi connectivity index (χ4v) is 2.48. The van der Waals surface area contributed by atoms with Crippen LogP contribution in [0.2, 0.25) is 0 Å². The van der Waals surface area contributed by atoms with Crippen LogP contribution in [0.3, 0.4) is 0 Å². The van der Waals surface area contributed by atoms with Gasteiger partial charge in [-0.15, -0.1) is 0 Å². The van der Waals surface area contributed by atoms with Crippen LogP contribution in [0.4, 0.5) is 5.69 Å². The maximum absolute atomic E-state index is 10.9. The molecule has 0 radical (unpaired) electrons. The highest BCUT2D eigenvalue weighted by atomic mass is 32.2. The van der Waals surface area contributed by atoms with Crippen molar-refractivity contribution in [3.63, 3.8) is 0 Å². The fourth-order valence-electron chi connectivity index (χ4n) is 1.22. The summed E-state index contributed by atoms with van der Waals surface area (Å²) in [5.74, 6) is 0. The van der Waals surface area contributed by atoms with E-state index in [2.05, 4.69) is 9.86 Å². The van der Waals surface area contributed by atoms with Gasteiger partial charge in [-0.25, -0.2) is 22.0 Å². The summed E-state index contributed by atoms with van der Waals surface area (Å²) in [6.07, 6.45) is 2.64. The van der Waals surface area contributed by atoms with Gasteiger partial charge in [0.05, 0.1) is 23.7 Å². The van der Waals surface area contributed by atoms with E-state index in [-0.39, 0.29) is 16.1 Å². The summed E-state index contributed by atoms with van der Waals surface area (Å²) in [6.45, 7) is 1.45. The van der Waals surface area contributed by atoms with E-state index in [4.69, 9.17) is 9.11 Å². The van der Waals surface area contributed by atoms with Crippen molar-refractivity contribution in [1.82, 2.24) is 0 Å². The molecule has 5 N–H and O–H groups in total. The Balaban J connectivity index is 0. The van der Waals surface area contributed by atoms with Crippen LogP contribution < -0.4 is 9.86 Å². The monoisotopic (exact) mass is 456 g/mol. The standard InChI is InChI=1S/C8H11NO5S2.CH5NO2S.CH4O3S/c1-6-5-7(9-15(2,10)11)3-4-8(6)16(12,13)14;2*1-5(2,3)4/h3-5,9H,1-2H3,(H,12,13,14);1H3,(H2,2,3,4);1H3,(H,2,3,4). The van der Waals surface area contributed by atoms with Gasteiger partial charge in [-0.2, -0.15) is 16.8 Å². The van der Waals surface area contributed by atoms with Gasteiger partial charge in [-0.1, -0.05) is 0 Å². The van der Waals surface area contributed by atoms with Gasteiger partial charge >= 0.3 is 0 Å². The Morgan fingerprint density at radius 3 is 1.46 bits per heavy atom. The van der Waals surface area contributed by atoms with Crippen molar-refractivity contribution in [3.8, 4) is 0 Å². The van der Waals surface area contributed by atoms with Gasteiger partial charge in [0.2, 0.25) is 20.0 Å². The third kappa shape index (κ3) is 20.7. The van der Waals surface area contributed by atoms with Crippen molar-refractivity contribution in [3.05, 3.63) is 23.8 Å². The summed E-state index contributed by atoms with van der Waals surface area (Å²) in [7, 11) is -14.5. The minimum atomic E-state index is -4.27. The fraction of sp³-hybridized carbons (Fsp3) is 0.400. The second-order valence-electron chi connectivity index (χ2n) is 4.89. The zero-order valence-electron chi connectivity index (χ0n) is 14.1. The third-order valence-corrected chi connectivity index (χ3v) is 3.38. The second-order valence-corrected chi connectivity index (χ2v) is 11.2. The summed E-state index contributed by atoms with van der Waals surface area (Å²) in [4.78, 5) is -0.244. The molecule has 0 aromatic heterocycles. The number of aryl methyl sites for hydroxylation is 1. The van der Waals surface area contributed by atoms with Crippen molar-refractivity contribution in [2.75, 3.05) is 23.5 Å². The molecule has 0 saturated heterocycles. The lowest BCUT2D eigenvalue weighted by Gasteiger charge is -2.07. The molecule has 1 aromatic rings. The molecule has 26 heavy (non-hydrogen) atoms. The maximum Gasteiger partial charge on any atom is 0.294 e. The Labute approximate surface area is 153 Å². The molecule has 0 amide bonds. The van der Waals surface area contributed by atoms with Crippen LogP contribution in [-0.4, -0.2) is 61.5 Å². The Kier molecular flexibility index (Phi) is 9.92. The molecule has 0 heterocycles. The second kappa shape index (κ2) is 9.58. The van der Waals surface area contributed by atoms with Crippen molar-refractivity contribution >= 4 is 46.0 Å². The molecule has 0 bridgehead atoms. The number of nitrogens with one attached hydrogen (secondary N) is 1. The zero-order chi connectivity index (χ0) is 21.6. The van der Waals surface area contributed by atoms with Gasteiger partial charge in [-0.3, -0.25) is 13.8 Å². The van der Waals surface area contributed by atoms with Gasteiger partial charge in [0.25, 0.3) is 20.2 Å². The van der Waals surface area contributed by atoms with Crippen LogP contribution in [-0.2, 0) is 40.3 Å². The van der Waals surface area contributed by atoms with Crippen LogP contribution in [0.25, 0.3) is 0 Å². The van der Waals surface area contributed by atoms with Crippen molar-refractivity contribution in [2.24, 2.45) is 5.14 Å². The molecule has 0 saturated carbocycles. The highest BCUT2D eigenvalue weighted by Gasteiger charge is 2.13. The van der Waals surface area contributed by atoms with Crippen molar-refractivity contribution in [2.45, 2.75) is 11.8 Å². The molecule has 0 aliphatic carbocycles. The van der Waals surface area contributed by atoms with Gasteiger partial charge in [0.15, 0.2) is 0 Å². The number of anilines is 1. The largest absolute Gasteiger partial charge is 0.294 e. The molecule has 0 unspecified atom stereocenters. The number of rotatable bonds is 3. The lowest BCUT2D eigenvalue weighted by Crippen LogP contribution is -2.10.